The van der Waals surface area contributed by atoms with E-state index >= 15 is 0 Å². The van der Waals surface area contributed by atoms with Crippen LogP contribution in [0.15, 0.2) is 79.1 Å². The van der Waals surface area contributed by atoms with Gasteiger partial charge in [-0.25, -0.2) is 0 Å². The van der Waals surface area contributed by atoms with E-state index in [9.17, 15) is 4.79 Å². The van der Waals surface area contributed by atoms with Crippen molar-refractivity contribution in [2.45, 2.75) is 69.4 Å². The van der Waals surface area contributed by atoms with Crippen molar-refractivity contribution in [2.75, 3.05) is 66.1 Å². The van der Waals surface area contributed by atoms with Crippen LogP contribution >= 0.6 is 0 Å². The van der Waals surface area contributed by atoms with Crippen LogP contribution in [0.3, 0.4) is 0 Å². The summed E-state index contributed by atoms with van der Waals surface area (Å²) >= 11 is 0. The van der Waals surface area contributed by atoms with E-state index in [2.05, 4.69) is 43.9 Å². The second kappa shape index (κ2) is 17.6. The Labute approximate surface area is 294 Å². The summed E-state index contributed by atoms with van der Waals surface area (Å²) in [6, 6.07) is 22.9. The number of piperidine rings is 1. The minimum absolute atomic E-state index is 0.140. The number of nitrogens with zero attached hydrogens (tertiary/aromatic N) is 4. The van der Waals surface area contributed by atoms with Gasteiger partial charge in [-0.05, 0) is 107 Å². The maximum absolute atomic E-state index is 13.4. The zero-order valence-corrected chi connectivity index (χ0v) is 29.6. The molecule has 3 fully saturated rings. The van der Waals surface area contributed by atoms with Gasteiger partial charge in [0.05, 0.1) is 7.11 Å². The highest BCUT2D eigenvalue weighted by Crippen LogP contribution is 2.43. The number of benzene rings is 2. The number of methoxy groups -OCH3 is 1. The molecule has 0 bridgehead atoms. The van der Waals surface area contributed by atoms with E-state index < -0.39 is 5.41 Å². The number of pyridine rings is 1. The van der Waals surface area contributed by atoms with Gasteiger partial charge in [-0.2, -0.15) is 0 Å². The molecule has 2 aromatic carbocycles. The Balaban J connectivity index is 0.900. The second-order valence-corrected chi connectivity index (χ2v) is 14.5. The molecule has 3 aromatic rings. The molecule has 0 radical (unpaired) electrons. The highest BCUT2D eigenvalue weighted by atomic mass is 16.5. The standard InChI is InChI=1S/C41H57N5O3/c1-48-39-17-21-43-29-34(39)31-45-25-19-38(20-26-45)46(30-33-15-16-33)23-10-28-49-27-9-8-22-44-24-18-37(32-44)41(40(42)47,35-11-4-2-5-12-35)36-13-6-3-7-14-36/h2-7,11-14,17,21,29,33,37-38H,8-10,15-16,18-20,22-28,30-32H2,1H3,(H2,42,47)/t37-/m1/s1. The average molecular weight is 668 g/mol. The first-order valence-corrected chi connectivity index (χ1v) is 18.7. The van der Waals surface area contributed by atoms with Crippen LogP contribution in [0.5, 0.6) is 5.75 Å². The lowest BCUT2D eigenvalue weighted by Crippen LogP contribution is -2.49. The van der Waals surface area contributed by atoms with Gasteiger partial charge in [0.15, 0.2) is 0 Å². The lowest BCUT2D eigenvalue weighted by atomic mass is 9.64. The molecule has 264 valence electrons. The van der Waals surface area contributed by atoms with E-state index in [0.29, 0.717) is 6.04 Å². The number of likely N-dealkylation sites (tertiary alicyclic amines) is 2. The second-order valence-electron chi connectivity index (χ2n) is 14.5. The number of amides is 1. The molecule has 1 aromatic heterocycles. The van der Waals surface area contributed by atoms with Crippen molar-refractivity contribution in [3.63, 3.8) is 0 Å². The summed E-state index contributed by atoms with van der Waals surface area (Å²) in [5.74, 6) is 1.72. The molecule has 8 nitrogen and oxygen atoms in total. The molecule has 0 unspecified atom stereocenters. The SMILES string of the molecule is COc1ccncc1CN1CCC(N(CCCOCCCCN2CC[C@@H](C(C(N)=O)(c3ccccc3)c3ccccc3)C2)CC2CC2)CC1. The third-order valence-electron chi connectivity index (χ3n) is 11.2. The van der Waals surface area contributed by atoms with Crippen LogP contribution in [0.2, 0.25) is 0 Å². The highest BCUT2D eigenvalue weighted by Gasteiger charge is 2.49. The molecule has 2 aliphatic heterocycles. The molecule has 0 spiro atoms. The number of rotatable bonds is 19. The first-order chi connectivity index (χ1) is 24.1. The van der Waals surface area contributed by atoms with Gasteiger partial charge >= 0.3 is 0 Å². The Morgan fingerprint density at radius 2 is 1.55 bits per heavy atom. The summed E-state index contributed by atoms with van der Waals surface area (Å²) in [5.41, 5.74) is 8.63. The quantitative estimate of drug-likeness (QED) is 0.163. The normalized spacial score (nSPS) is 19.4. The smallest absolute Gasteiger partial charge is 0.232 e. The fourth-order valence-corrected chi connectivity index (χ4v) is 8.40. The van der Waals surface area contributed by atoms with Crippen molar-refractivity contribution < 1.29 is 14.3 Å². The molecule has 6 rings (SSSR count). The van der Waals surface area contributed by atoms with Gasteiger partial charge in [-0.15, -0.1) is 0 Å². The molecule has 2 saturated heterocycles. The third-order valence-corrected chi connectivity index (χ3v) is 11.2. The van der Waals surface area contributed by atoms with Gasteiger partial charge in [0.25, 0.3) is 0 Å². The number of unbranched alkanes of at least 4 members (excludes halogenated alkanes) is 1. The number of ether oxygens (including phenoxy) is 2. The monoisotopic (exact) mass is 667 g/mol. The summed E-state index contributed by atoms with van der Waals surface area (Å²) in [4.78, 5) is 25.5. The number of hydrogen-bond donors (Lipinski definition) is 1. The maximum Gasteiger partial charge on any atom is 0.232 e. The average Bonchev–Trinajstić information content (AvgIpc) is 3.84. The Morgan fingerprint density at radius 3 is 2.20 bits per heavy atom. The minimum Gasteiger partial charge on any atom is -0.496 e. The number of nitrogens with two attached hydrogens (primary N) is 1. The summed E-state index contributed by atoms with van der Waals surface area (Å²) in [5, 5.41) is 0. The lowest BCUT2D eigenvalue weighted by molar-refractivity contribution is -0.123. The molecule has 8 heteroatoms. The zero-order valence-electron chi connectivity index (χ0n) is 29.6. The first kappa shape index (κ1) is 35.5. The molecule has 3 heterocycles. The highest BCUT2D eigenvalue weighted by molar-refractivity contribution is 5.91. The molecule has 1 amide bonds. The van der Waals surface area contributed by atoms with Crippen LogP contribution in [0.25, 0.3) is 0 Å². The Hall–Kier alpha value is -3.30. The number of primary amides is 1. The Morgan fingerprint density at radius 1 is 0.878 bits per heavy atom. The molecule has 1 atom stereocenters. The molecule has 2 N–H and O–H groups in total. The predicted octanol–water partition coefficient (Wildman–Crippen LogP) is 5.75. The van der Waals surface area contributed by atoms with Gasteiger partial charge in [-0.3, -0.25) is 19.6 Å². The number of hydrogen-bond acceptors (Lipinski definition) is 7. The summed E-state index contributed by atoms with van der Waals surface area (Å²) in [7, 11) is 1.74. The molecule has 1 aliphatic carbocycles. The first-order valence-electron chi connectivity index (χ1n) is 18.7. The van der Waals surface area contributed by atoms with Crippen LogP contribution in [0.1, 0.15) is 68.1 Å². The molecule has 3 aliphatic rings. The van der Waals surface area contributed by atoms with Crippen LogP contribution in [0, 0.1) is 11.8 Å². The minimum atomic E-state index is -0.821. The van der Waals surface area contributed by atoms with E-state index in [1.807, 2.05) is 48.7 Å². The van der Waals surface area contributed by atoms with E-state index in [1.165, 1.54) is 37.8 Å². The number of aromatic nitrogens is 1. The van der Waals surface area contributed by atoms with Crippen LogP contribution in [0.4, 0.5) is 0 Å². The van der Waals surface area contributed by atoms with Crippen molar-refractivity contribution in [3.8, 4) is 5.75 Å². The summed E-state index contributed by atoms with van der Waals surface area (Å²) in [6.45, 7) is 10.1. The van der Waals surface area contributed by atoms with Crippen molar-refractivity contribution >= 4 is 5.91 Å². The summed E-state index contributed by atoms with van der Waals surface area (Å²) in [6.07, 6.45) is 13.2. The maximum atomic E-state index is 13.4. The number of carbonyl (C=O) groups excluding carboxylic acids is 1. The third kappa shape index (κ3) is 9.09. The molecular formula is C41H57N5O3. The van der Waals surface area contributed by atoms with Gasteiger partial charge in [0, 0.05) is 63.4 Å². The van der Waals surface area contributed by atoms with Gasteiger partial charge in [0.1, 0.15) is 11.2 Å². The molecular weight excluding hydrogens is 610 g/mol. The van der Waals surface area contributed by atoms with Crippen LogP contribution in [-0.4, -0.2) is 97.8 Å². The van der Waals surface area contributed by atoms with Crippen molar-refractivity contribution in [3.05, 3.63) is 95.8 Å². The van der Waals surface area contributed by atoms with Gasteiger partial charge < -0.3 is 20.1 Å². The van der Waals surface area contributed by atoms with Gasteiger partial charge in [-0.1, -0.05) is 60.7 Å². The van der Waals surface area contributed by atoms with E-state index in [-0.39, 0.29) is 11.8 Å². The Bertz CT molecular complexity index is 1390. The predicted molar refractivity (Wildman–Crippen MR) is 195 cm³/mol. The lowest BCUT2D eigenvalue weighted by Gasteiger charge is -2.39. The van der Waals surface area contributed by atoms with Crippen molar-refractivity contribution in [2.24, 2.45) is 17.6 Å². The van der Waals surface area contributed by atoms with E-state index in [4.69, 9.17) is 15.2 Å². The van der Waals surface area contributed by atoms with E-state index in [0.717, 1.165) is 108 Å². The zero-order chi connectivity index (χ0) is 33.9. The Kier molecular flexibility index (Phi) is 12.7. The topological polar surface area (TPSA) is 84.2 Å². The van der Waals surface area contributed by atoms with E-state index in [1.54, 1.807) is 13.3 Å². The fourth-order valence-electron chi connectivity index (χ4n) is 8.40. The largest absolute Gasteiger partial charge is 0.496 e. The van der Waals surface area contributed by atoms with Gasteiger partial charge in [0.2, 0.25) is 5.91 Å². The van der Waals surface area contributed by atoms with Crippen LogP contribution < -0.4 is 10.5 Å². The van der Waals surface area contributed by atoms with Crippen molar-refractivity contribution in [1.29, 1.82) is 0 Å². The number of carbonyl (C=O) groups is 1. The van der Waals surface area contributed by atoms with Crippen LogP contribution in [-0.2, 0) is 21.5 Å². The summed E-state index contributed by atoms with van der Waals surface area (Å²) < 4.78 is 11.7. The molecule has 49 heavy (non-hydrogen) atoms. The fraction of sp³-hybridized carbons (Fsp3) is 0.561. The van der Waals surface area contributed by atoms with Crippen molar-refractivity contribution in [1.82, 2.24) is 19.7 Å². The molecule has 1 saturated carbocycles.